The molecule has 1 aromatic carbocycles. The van der Waals surface area contributed by atoms with Gasteiger partial charge in [0, 0.05) is 32.5 Å². The molecule has 0 spiro atoms. The van der Waals surface area contributed by atoms with E-state index in [0.717, 1.165) is 5.56 Å². The van der Waals surface area contributed by atoms with Gasteiger partial charge in [0.1, 0.15) is 6.04 Å². The quantitative estimate of drug-likeness (QED) is 0.795. The number of hydrogen-bond acceptors (Lipinski definition) is 3. The first-order chi connectivity index (χ1) is 10.2. The molecular weight excluding hydrogens is 268 g/mol. The van der Waals surface area contributed by atoms with Gasteiger partial charge in [0.25, 0.3) is 0 Å². The lowest BCUT2D eigenvalue weighted by atomic mass is 10.1. The second-order valence-electron chi connectivity index (χ2n) is 5.08. The number of nitrogens with zero attached hydrogens (tertiary/aromatic N) is 1. The smallest absolute Gasteiger partial charge is 0.245 e. The van der Waals surface area contributed by atoms with Gasteiger partial charge in [-0.1, -0.05) is 30.3 Å². The van der Waals surface area contributed by atoms with Gasteiger partial charge in [-0.15, -0.1) is 0 Å². The van der Waals surface area contributed by atoms with Crippen LogP contribution in [-0.2, 0) is 20.7 Å². The van der Waals surface area contributed by atoms with E-state index in [-0.39, 0.29) is 11.8 Å². The maximum atomic E-state index is 12.5. The predicted molar refractivity (Wildman–Crippen MR) is 79.8 cm³/mol. The van der Waals surface area contributed by atoms with Gasteiger partial charge >= 0.3 is 0 Å². The molecule has 5 nitrogen and oxygen atoms in total. The fourth-order valence-electron chi connectivity index (χ4n) is 2.42. The minimum absolute atomic E-state index is 0.0237. The average molecular weight is 290 g/mol. The van der Waals surface area contributed by atoms with E-state index in [0.29, 0.717) is 39.1 Å². The summed E-state index contributed by atoms with van der Waals surface area (Å²) in [5, 5.41) is 2.83. The van der Waals surface area contributed by atoms with E-state index in [1.165, 1.54) is 0 Å². The highest BCUT2D eigenvalue weighted by atomic mass is 16.5. The Balaban J connectivity index is 2.03. The molecular formula is C16H22N2O3. The van der Waals surface area contributed by atoms with Crippen molar-refractivity contribution in [1.29, 1.82) is 0 Å². The summed E-state index contributed by atoms with van der Waals surface area (Å²) in [7, 11) is 0. The van der Waals surface area contributed by atoms with Gasteiger partial charge in [0.2, 0.25) is 11.8 Å². The molecule has 1 saturated heterocycles. The van der Waals surface area contributed by atoms with Crippen LogP contribution in [0.2, 0.25) is 0 Å². The predicted octanol–water partition coefficient (Wildman–Crippen LogP) is 0.983. The highest BCUT2D eigenvalue weighted by Gasteiger charge is 2.29. The second kappa shape index (κ2) is 7.78. The van der Waals surface area contributed by atoms with Crippen LogP contribution in [-0.4, -0.2) is 49.1 Å². The Hall–Kier alpha value is -1.88. The molecule has 0 aromatic heterocycles. The number of benzene rings is 1. The normalized spacial score (nSPS) is 19.3. The molecule has 0 radical (unpaired) electrons. The van der Waals surface area contributed by atoms with Gasteiger partial charge in [-0.2, -0.15) is 0 Å². The Morgan fingerprint density at radius 1 is 1.29 bits per heavy atom. The Morgan fingerprint density at radius 3 is 2.76 bits per heavy atom. The first-order valence-electron chi connectivity index (χ1n) is 7.40. The number of nitrogens with one attached hydrogen (secondary N) is 1. The van der Waals surface area contributed by atoms with E-state index in [4.69, 9.17) is 4.74 Å². The SMILES string of the molecule is CCOCCN1CCC(=O)NC(Cc2ccccc2)C1=O. The third-order valence-corrected chi connectivity index (χ3v) is 3.55. The van der Waals surface area contributed by atoms with Crippen LogP contribution in [0.4, 0.5) is 0 Å². The van der Waals surface area contributed by atoms with Crippen molar-refractivity contribution in [2.45, 2.75) is 25.8 Å². The van der Waals surface area contributed by atoms with E-state index in [2.05, 4.69) is 5.32 Å². The largest absolute Gasteiger partial charge is 0.380 e. The molecule has 1 N–H and O–H groups in total. The summed E-state index contributed by atoms with van der Waals surface area (Å²) in [6.07, 6.45) is 0.875. The van der Waals surface area contributed by atoms with Crippen molar-refractivity contribution >= 4 is 11.8 Å². The molecule has 21 heavy (non-hydrogen) atoms. The number of carbonyl (C=O) groups is 2. The topological polar surface area (TPSA) is 58.6 Å². The van der Waals surface area contributed by atoms with E-state index in [9.17, 15) is 9.59 Å². The van der Waals surface area contributed by atoms with Crippen molar-refractivity contribution in [3.63, 3.8) is 0 Å². The molecule has 0 aliphatic carbocycles. The summed E-state index contributed by atoms with van der Waals surface area (Å²) < 4.78 is 5.31. The molecule has 1 aliphatic heterocycles. The Morgan fingerprint density at radius 2 is 2.05 bits per heavy atom. The molecule has 5 heteroatoms. The summed E-state index contributed by atoms with van der Waals surface area (Å²) >= 11 is 0. The van der Waals surface area contributed by atoms with Crippen LogP contribution in [0.15, 0.2) is 30.3 Å². The first kappa shape index (κ1) is 15.5. The molecule has 1 atom stereocenters. The number of hydrogen-bond donors (Lipinski definition) is 1. The molecule has 0 saturated carbocycles. The van der Waals surface area contributed by atoms with Gasteiger partial charge in [-0.25, -0.2) is 0 Å². The van der Waals surface area contributed by atoms with E-state index in [1.807, 2.05) is 37.3 Å². The lowest BCUT2D eigenvalue weighted by Crippen LogP contribution is -2.46. The zero-order valence-corrected chi connectivity index (χ0v) is 12.4. The molecule has 0 bridgehead atoms. The van der Waals surface area contributed by atoms with Crippen molar-refractivity contribution in [3.05, 3.63) is 35.9 Å². The minimum Gasteiger partial charge on any atom is -0.380 e. The van der Waals surface area contributed by atoms with Gasteiger partial charge in [-0.05, 0) is 12.5 Å². The van der Waals surface area contributed by atoms with Gasteiger partial charge in [0.15, 0.2) is 0 Å². The summed E-state index contributed by atoms with van der Waals surface area (Å²) in [4.78, 5) is 26.1. The zero-order valence-electron chi connectivity index (χ0n) is 12.4. The van der Waals surface area contributed by atoms with Crippen LogP contribution in [0.25, 0.3) is 0 Å². The zero-order chi connectivity index (χ0) is 15.1. The first-order valence-corrected chi connectivity index (χ1v) is 7.40. The van der Waals surface area contributed by atoms with Crippen LogP contribution < -0.4 is 5.32 Å². The van der Waals surface area contributed by atoms with Crippen LogP contribution >= 0.6 is 0 Å². The van der Waals surface area contributed by atoms with Crippen LogP contribution in [0.1, 0.15) is 18.9 Å². The summed E-state index contributed by atoms with van der Waals surface area (Å²) in [6.45, 7) is 4.06. The number of carbonyl (C=O) groups excluding carboxylic acids is 2. The van der Waals surface area contributed by atoms with E-state index in [1.54, 1.807) is 4.90 Å². The minimum atomic E-state index is -0.482. The molecule has 114 valence electrons. The van der Waals surface area contributed by atoms with E-state index >= 15 is 0 Å². The lowest BCUT2D eigenvalue weighted by molar-refractivity contribution is -0.134. The summed E-state index contributed by atoms with van der Waals surface area (Å²) in [6, 6.07) is 9.26. The lowest BCUT2D eigenvalue weighted by Gasteiger charge is -2.24. The van der Waals surface area contributed by atoms with Crippen molar-refractivity contribution < 1.29 is 14.3 Å². The van der Waals surface area contributed by atoms with Crippen LogP contribution in [0.3, 0.4) is 0 Å². The second-order valence-corrected chi connectivity index (χ2v) is 5.08. The molecule has 1 aliphatic rings. The van der Waals surface area contributed by atoms with E-state index < -0.39 is 6.04 Å². The maximum absolute atomic E-state index is 12.5. The monoisotopic (exact) mass is 290 g/mol. The molecule has 1 unspecified atom stereocenters. The van der Waals surface area contributed by atoms with Crippen molar-refractivity contribution in [2.75, 3.05) is 26.3 Å². The van der Waals surface area contributed by atoms with Crippen molar-refractivity contribution in [2.24, 2.45) is 0 Å². The molecule has 1 fully saturated rings. The third kappa shape index (κ3) is 4.56. The molecule has 1 aromatic rings. The fraction of sp³-hybridized carbons (Fsp3) is 0.500. The maximum Gasteiger partial charge on any atom is 0.245 e. The van der Waals surface area contributed by atoms with Gasteiger partial charge < -0.3 is 15.0 Å². The highest BCUT2D eigenvalue weighted by Crippen LogP contribution is 2.10. The number of amides is 2. The Kier molecular flexibility index (Phi) is 5.75. The Labute approximate surface area is 125 Å². The van der Waals surface area contributed by atoms with Crippen LogP contribution in [0, 0.1) is 0 Å². The number of ether oxygens (including phenoxy) is 1. The standard InChI is InChI=1S/C16H22N2O3/c1-2-21-11-10-18-9-8-15(19)17-14(16(18)20)12-13-6-4-3-5-7-13/h3-7,14H,2,8-12H2,1H3,(H,17,19). The van der Waals surface area contributed by atoms with Gasteiger partial charge in [0.05, 0.1) is 6.61 Å². The average Bonchev–Trinajstić information content (AvgIpc) is 2.62. The highest BCUT2D eigenvalue weighted by molar-refractivity contribution is 5.90. The summed E-state index contributed by atoms with van der Waals surface area (Å²) in [5.41, 5.74) is 1.04. The van der Waals surface area contributed by atoms with Crippen molar-refractivity contribution in [1.82, 2.24) is 10.2 Å². The fourth-order valence-corrected chi connectivity index (χ4v) is 2.42. The number of rotatable bonds is 6. The Bertz CT molecular complexity index is 476. The molecule has 2 amide bonds. The summed E-state index contributed by atoms with van der Waals surface area (Å²) in [5.74, 6) is -0.0902. The van der Waals surface area contributed by atoms with Gasteiger partial charge in [-0.3, -0.25) is 9.59 Å². The van der Waals surface area contributed by atoms with Crippen molar-refractivity contribution in [3.8, 4) is 0 Å². The van der Waals surface area contributed by atoms with Crippen LogP contribution in [0.5, 0.6) is 0 Å². The molecule has 2 rings (SSSR count). The third-order valence-electron chi connectivity index (χ3n) is 3.55. The molecule has 1 heterocycles.